The van der Waals surface area contributed by atoms with E-state index in [1.807, 2.05) is 0 Å². The lowest BCUT2D eigenvalue weighted by Crippen LogP contribution is -2.33. The lowest BCUT2D eigenvalue weighted by Gasteiger charge is -2.06. The van der Waals surface area contributed by atoms with E-state index in [1.54, 1.807) is 13.8 Å². The van der Waals surface area contributed by atoms with Crippen molar-refractivity contribution in [3.63, 3.8) is 0 Å². The molecule has 12 heavy (non-hydrogen) atoms. The highest BCUT2D eigenvalue weighted by Crippen LogP contribution is 1.93. The molecule has 1 unspecified atom stereocenters. The van der Waals surface area contributed by atoms with Gasteiger partial charge in [0.2, 0.25) is 0 Å². The summed E-state index contributed by atoms with van der Waals surface area (Å²) in [5.41, 5.74) is 5.28. The molecule has 0 aliphatic heterocycles. The van der Waals surface area contributed by atoms with Gasteiger partial charge < -0.3 is 15.2 Å². The van der Waals surface area contributed by atoms with Crippen LogP contribution >= 0.6 is 0 Å². The number of carbonyl (C=O) groups excluding carboxylic acids is 2. The smallest absolute Gasteiger partial charge is 0.434 e. The first kappa shape index (κ1) is 10.9. The van der Waals surface area contributed by atoms with Crippen molar-refractivity contribution in [3.05, 3.63) is 0 Å². The highest BCUT2D eigenvalue weighted by atomic mass is 16.7. The van der Waals surface area contributed by atoms with Crippen LogP contribution in [0.25, 0.3) is 0 Å². The molecule has 0 aromatic rings. The van der Waals surface area contributed by atoms with Gasteiger partial charge in [0.25, 0.3) is 0 Å². The molecule has 0 saturated heterocycles. The second-order valence-electron chi connectivity index (χ2n) is 2.12. The molecule has 0 aromatic carbocycles. The van der Waals surface area contributed by atoms with Crippen LogP contribution in [0.1, 0.15) is 20.3 Å². The third-order valence-corrected chi connectivity index (χ3v) is 1.19. The minimum Gasteiger partial charge on any atom is -0.434 e. The van der Waals surface area contributed by atoms with Gasteiger partial charge in [0, 0.05) is 0 Å². The molecular weight excluding hydrogens is 162 g/mol. The van der Waals surface area contributed by atoms with E-state index in [1.165, 1.54) is 0 Å². The Morgan fingerprint density at radius 1 is 1.42 bits per heavy atom. The first-order valence-corrected chi connectivity index (χ1v) is 3.75. The molecule has 0 amide bonds. The van der Waals surface area contributed by atoms with Gasteiger partial charge in [-0.3, -0.25) is 0 Å². The van der Waals surface area contributed by atoms with Crippen molar-refractivity contribution in [2.45, 2.75) is 26.3 Å². The molecule has 5 nitrogen and oxygen atoms in total. The number of hydrogen-bond acceptors (Lipinski definition) is 5. The maximum absolute atomic E-state index is 10.8. The zero-order valence-electron chi connectivity index (χ0n) is 7.20. The summed E-state index contributed by atoms with van der Waals surface area (Å²) in [5.74, 6) is -0.754. The Hall–Kier alpha value is -1.10. The standard InChI is InChI=1S/C7H13NO4/c1-3-5(8)6(9)12-7(10)11-4-2/h5H,3-4,8H2,1-2H3. The van der Waals surface area contributed by atoms with E-state index in [4.69, 9.17) is 5.73 Å². The van der Waals surface area contributed by atoms with Gasteiger partial charge in [0.05, 0.1) is 6.61 Å². The summed E-state index contributed by atoms with van der Waals surface area (Å²) in [6.07, 6.45) is -0.565. The average molecular weight is 175 g/mol. The number of rotatable bonds is 3. The highest BCUT2D eigenvalue weighted by Gasteiger charge is 2.17. The van der Waals surface area contributed by atoms with Crippen LogP contribution in [0, 0.1) is 0 Å². The number of ether oxygens (including phenoxy) is 2. The molecule has 0 aliphatic carbocycles. The summed E-state index contributed by atoms with van der Waals surface area (Å²) < 4.78 is 8.59. The lowest BCUT2D eigenvalue weighted by atomic mass is 10.2. The minimum absolute atomic E-state index is 0.174. The second kappa shape index (κ2) is 5.54. The Balaban J connectivity index is 3.76. The van der Waals surface area contributed by atoms with E-state index in [0.29, 0.717) is 6.42 Å². The Bertz CT molecular complexity index is 169. The van der Waals surface area contributed by atoms with E-state index in [0.717, 1.165) is 0 Å². The number of nitrogens with two attached hydrogens (primary N) is 1. The molecule has 0 rings (SSSR count). The quantitative estimate of drug-likeness (QED) is 0.497. The van der Waals surface area contributed by atoms with Gasteiger partial charge >= 0.3 is 12.1 Å². The van der Waals surface area contributed by atoms with Crippen molar-refractivity contribution >= 4 is 12.1 Å². The molecule has 0 aliphatic rings. The first-order chi connectivity index (χ1) is 5.61. The van der Waals surface area contributed by atoms with Gasteiger partial charge in [-0.25, -0.2) is 9.59 Å². The van der Waals surface area contributed by atoms with E-state index in [9.17, 15) is 9.59 Å². The fourth-order valence-electron chi connectivity index (χ4n) is 0.472. The number of hydrogen-bond donors (Lipinski definition) is 1. The third kappa shape index (κ3) is 3.92. The van der Waals surface area contributed by atoms with Gasteiger partial charge in [-0.2, -0.15) is 0 Å². The molecule has 70 valence electrons. The average Bonchev–Trinajstić information content (AvgIpc) is 2.03. The van der Waals surface area contributed by atoms with E-state index >= 15 is 0 Å². The molecule has 0 radical (unpaired) electrons. The molecule has 0 saturated carbocycles. The SMILES string of the molecule is CCOC(=O)OC(=O)C(N)CC. The van der Waals surface area contributed by atoms with Gasteiger partial charge in [-0.1, -0.05) is 6.92 Å². The fraction of sp³-hybridized carbons (Fsp3) is 0.714. The Morgan fingerprint density at radius 2 is 2.00 bits per heavy atom. The molecule has 0 aromatic heterocycles. The van der Waals surface area contributed by atoms with Crippen LogP contribution in [0.3, 0.4) is 0 Å². The summed E-state index contributed by atoms with van der Waals surface area (Å²) in [6, 6.07) is -0.755. The van der Waals surface area contributed by atoms with Crippen molar-refractivity contribution in [3.8, 4) is 0 Å². The van der Waals surface area contributed by atoms with E-state index in [-0.39, 0.29) is 6.61 Å². The number of esters is 1. The van der Waals surface area contributed by atoms with Gasteiger partial charge in [-0.05, 0) is 13.3 Å². The van der Waals surface area contributed by atoms with Crippen LogP contribution in [0.2, 0.25) is 0 Å². The van der Waals surface area contributed by atoms with Gasteiger partial charge in [-0.15, -0.1) is 0 Å². The van der Waals surface area contributed by atoms with Crippen LogP contribution in [-0.2, 0) is 14.3 Å². The van der Waals surface area contributed by atoms with Crippen LogP contribution in [0.4, 0.5) is 4.79 Å². The third-order valence-electron chi connectivity index (χ3n) is 1.19. The molecule has 2 N–H and O–H groups in total. The fourth-order valence-corrected chi connectivity index (χ4v) is 0.472. The van der Waals surface area contributed by atoms with Gasteiger partial charge in [0.15, 0.2) is 0 Å². The molecule has 0 spiro atoms. The molecule has 0 fully saturated rings. The van der Waals surface area contributed by atoms with E-state index < -0.39 is 18.2 Å². The molecule has 0 heterocycles. The predicted molar refractivity (Wildman–Crippen MR) is 41.4 cm³/mol. The first-order valence-electron chi connectivity index (χ1n) is 3.75. The van der Waals surface area contributed by atoms with E-state index in [2.05, 4.69) is 9.47 Å². The monoisotopic (exact) mass is 175 g/mol. The molecular formula is C7H13NO4. The Labute approximate surface area is 70.8 Å². The summed E-state index contributed by atoms with van der Waals surface area (Å²) in [7, 11) is 0. The second-order valence-corrected chi connectivity index (χ2v) is 2.12. The minimum atomic E-state index is -0.994. The lowest BCUT2D eigenvalue weighted by molar-refractivity contribution is -0.141. The largest absolute Gasteiger partial charge is 0.516 e. The molecule has 0 bridgehead atoms. The van der Waals surface area contributed by atoms with Crippen molar-refractivity contribution < 1.29 is 19.1 Å². The van der Waals surface area contributed by atoms with Crippen LogP contribution < -0.4 is 5.73 Å². The Kier molecular flexibility index (Phi) is 5.03. The Morgan fingerprint density at radius 3 is 2.42 bits per heavy atom. The summed E-state index contributed by atoms with van der Waals surface area (Å²) in [5, 5.41) is 0. The zero-order valence-corrected chi connectivity index (χ0v) is 7.20. The van der Waals surface area contributed by atoms with Crippen molar-refractivity contribution in [1.82, 2.24) is 0 Å². The maximum atomic E-state index is 10.8. The van der Waals surface area contributed by atoms with Crippen LogP contribution in [0.5, 0.6) is 0 Å². The summed E-state index contributed by atoms with van der Waals surface area (Å²) in [6.45, 7) is 3.51. The van der Waals surface area contributed by atoms with Gasteiger partial charge in [0.1, 0.15) is 6.04 Å². The molecule has 5 heteroatoms. The maximum Gasteiger partial charge on any atom is 0.516 e. The van der Waals surface area contributed by atoms with Crippen LogP contribution in [0.15, 0.2) is 0 Å². The zero-order chi connectivity index (χ0) is 9.56. The summed E-state index contributed by atoms with van der Waals surface area (Å²) >= 11 is 0. The van der Waals surface area contributed by atoms with Crippen molar-refractivity contribution in [2.75, 3.05) is 6.61 Å². The normalized spacial score (nSPS) is 11.9. The van der Waals surface area contributed by atoms with Crippen molar-refractivity contribution in [1.29, 1.82) is 0 Å². The van der Waals surface area contributed by atoms with Crippen LogP contribution in [-0.4, -0.2) is 24.8 Å². The molecule has 1 atom stereocenters. The number of carbonyl (C=O) groups is 2. The topological polar surface area (TPSA) is 78.6 Å². The predicted octanol–water partition coefficient (Wildman–Crippen LogP) is 0.423. The summed E-state index contributed by atoms with van der Waals surface area (Å²) in [4.78, 5) is 21.4. The van der Waals surface area contributed by atoms with Crippen molar-refractivity contribution in [2.24, 2.45) is 5.73 Å². The highest BCUT2D eigenvalue weighted by molar-refractivity contribution is 5.85.